The number of aliphatic hydroxyl groups is 1. The molecule has 0 aliphatic rings. The highest BCUT2D eigenvalue weighted by Crippen LogP contribution is 2.15. The number of carbonyl (C=O) groups excluding carboxylic acids is 1. The molecule has 2 aromatic heterocycles. The van der Waals surface area contributed by atoms with E-state index in [0.717, 1.165) is 11.1 Å². The van der Waals surface area contributed by atoms with Crippen LogP contribution in [0.1, 0.15) is 11.7 Å². The maximum atomic E-state index is 12.2. The van der Waals surface area contributed by atoms with Crippen molar-refractivity contribution in [2.24, 2.45) is 7.05 Å². The first-order valence-corrected chi connectivity index (χ1v) is 8.13. The second-order valence-corrected chi connectivity index (χ2v) is 6.07. The molecule has 1 atom stereocenters. The predicted octanol–water partition coefficient (Wildman–Crippen LogP) is 1.25. The van der Waals surface area contributed by atoms with Crippen LogP contribution in [0.3, 0.4) is 0 Å². The summed E-state index contributed by atoms with van der Waals surface area (Å²) in [6.07, 6.45) is -0.741. The van der Waals surface area contributed by atoms with Crippen molar-refractivity contribution in [2.75, 3.05) is 6.54 Å². The van der Waals surface area contributed by atoms with Crippen molar-refractivity contribution in [3.8, 4) is 0 Å². The quantitative estimate of drug-likeness (QED) is 0.739. The summed E-state index contributed by atoms with van der Waals surface area (Å²) in [5.74, 6) is -0.308. The fraction of sp³-hybridized carbons (Fsp3) is 0.250. The van der Waals surface area contributed by atoms with Gasteiger partial charge in [-0.2, -0.15) is 11.3 Å². The second kappa shape index (κ2) is 6.39. The Morgan fingerprint density at radius 1 is 1.30 bits per heavy atom. The number of amides is 1. The molecule has 0 saturated heterocycles. The van der Waals surface area contributed by atoms with E-state index >= 15 is 0 Å². The average molecular weight is 331 g/mol. The van der Waals surface area contributed by atoms with Gasteiger partial charge in [0.15, 0.2) is 0 Å². The van der Waals surface area contributed by atoms with Crippen molar-refractivity contribution in [2.45, 2.75) is 12.6 Å². The Morgan fingerprint density at radius 2 is 2.04 bits per heavy atom. The lowest BCUT2D eigenvalue weighted by Gasteiger charge is -2.11. The Kier molecular flexibility index (Phi) is 4.31. The van der Waals surface area contributed by atoms with Crippen LogP contribution in [-0.2, 0) is 18.4 Å². The first-order valence-electron chi connectivity index (χ1n) is 7.19. The Bertz CT molecular complexity index is 880. The van der Waals surface area contributed by atoms with Crippen molar-refractivity contribution in [1.82, 2.24) is 14.5 Å². The van der Waals surface area contributed by atoms with Crippen LogP contribution in [0.4, 0.5) is 0 Å². The minimum Gasteiger partial charge on any atom is -0.387 e. The third kappa shape index (κ3) is 3.06. The van der Waals surface area contributed by atoms with Crippen LogP contribution in [0, 0.1) is 0 Å². The Labute approximate surface area is 136 Å². The number of hydrogen-bond acceptors (Lipinski definition) is 4. The van der Waals surface area contributed by atoms with Crippen LogP contribution in [0.5, 0.6) is 0 Å². The molecule has 0 bridgehead atoms. The normalized spacial score (nSPS) is 12.4. The molecule has 0 aliphatic carbocycles. The van der Waals surface area contributed by atoms with Gasteiger partial charge in [-0.05, 0) is 34.5 Å². The van der Waals surface area contributed by atoms with E-state index in [4.69, 9.17) is 0 Å². The highest BCUT2D eigenvalue weighted by Gasteiger charge is 2.14. The number of imidazole rings is 1. The molecular weight excluding hydrogens is 314 g/mol. The van der Waals surface area contributed by atoms with Crippen molar-refractivity contribution in [3.63, 3.8) is 0 Å². The summed E-state index contributed by atoms with van der Waals surface area (Å²) in [4.78, 5) is 24.3. The van der Waals surface area contributed by atoms with Gasteiger partial charge in [-0.1, -0.05) is 12.1 Å². The lowest BCUT2D eigenvalue weighted by Crippen LogP contribution is -2.34. The molecule has 3 rings (SSSR count). The van der Waals surface area contributed by atoms with E-state index in [-0.39, 0.29) is 24.7 Å². The van der Waals surface area contributed by atoms with Gasteiger partial charge in [-0.15, -0.1) is 0 Å². The maximum Gasteiger partial charge on any atom is 0.329 e. The van der Waals surface area contributed by atoms with Crippen LogP contribution in [0.25, 0.3) is 11.0 Å². The van der Waals surface area contributed by atoms with Crippen LogP contribution >= 0.6 is 11.3 Å². The van der Waals surface area contributed by atoms with Crippen molar-refractivity contribution in [1.29, 1.82) is 0 Å². The summed E-state index contributed by atoms with van der Waals surface area (Å²) in [7, 11) is 1.68. The molecule has 0 aliphatic heterocycles. The number of nitrogens with one attached hydrogen (secondary N) is 1. The number of aliphatic hydroxyl groups excluding tert-OH is 1. The molecule has 0 spiro atoms. The van der Waals surface area contributed by atoms with E-state index in [0.29, 0.717) is 5.52 Å². The maximum absolute atomic E-state index is 12.2. The van der Waals surface area contributed by atoms with Crippen LogP contribution < -0.4 is 11.0 Å². The van der Waals surface area contributed by atoms with E-state index in [9.17, 15) is 14.7 Å². The number of nitrogens with zero attached hydrogens (tertiary/aromatic N) is 2. The predicted molar refractivity (Wildman–Crippen MR) is 89.5 cm³/mol. The minimum atomic E-state index is -0.741. The van der Waals surface area contributed by atoms with Crippen LogP contribution in [-0.4, -0.2) is 26.7 Å². The monoisotopic (exact) mass is 331 g/mol. The number of benzene rings is 1. The summed E-state index contributed by atoms with van der Waals surface area (Å²) in [5.41, 5.74) is 2.04. The zero-order valence-corrected chi connectivity index (χ0v) is 13.4. The molecule has 23 heavy (non-hydrogen) atoms. The SMILES string of the molecule is Cn1c(=O)n(CC(=O)NCC(O)c2ccsc2)c2ccccc21. The van der Waals surface area contributed by atoms with Gasteiger partial charge in [-0.25, -0.2) is 4.79 Å². The number of fused-ring (bicyclic) bond motifs is 1. The van der Waals surface area contributed by atoms with Gasteiger partial charge in [-0.3, -0.25) is 13.9 Å². The molecule has 120 valence electrons. The summed E-state index contributed by atoms with van der Waals surface area (Å²) >= 11 is 1.49. The highest BCUT2D eigenvalue weighted by molar-refractivity contribution is 7.07. The van der Waals surface area contributed by atoms with E-state index < -0.39 is 6.10 Å². The Morgan fingerprint density at radius 3 is 2.74 bits per heavy atom. The summed E-state index contributed by atoms with van der Waals surface area (Å²) in [6.45, 7) is 0.0472. The smallest absolute Gasteiger partial charge is 0.329 e. The van der Waals surface area contributed by atoms with Gasteiger partial charge in [0, 0.05) is 13.6 Å². The van der Waals surface area contributed by atoms with E-state index in [2.05, 4.69) is 5.32 Å². The number of aromatic nitrogens is 2. The van der Waals surface area contributed by atoms with E-state index in [1.807, 2.05) is 41.1 Å². The van der Waals surface area contributed by atoms with Crippen molar-refractivity contribution >= 4 is 28.3 Å². The molecule has 0 fully saturated rings. The Hall–Kier alpha value is -2.38. The van der Waals surface area contributed by atoms with Gasteiger partial charge >= 0.3 is 5.69 Å². The number of hydrogen-bond donors (Lipinski definition) is 2. The molecule has 0 radical (unpaired) electrons. The zero-order valence-electron chi connectivity index (χ0n) is 12.6. The van der Waals surface area contributed by atoms with E-state index in [1.165, 1.54) is 20.5 Å². The third-order valence-electron chi connectivity index (χ3n) is 3.77. The molecule has 0 saturated carbocycles. The zero-order chi connectivity index (χ0) is 16.4. The van der Waals surface area contributed by atoms with Crippen LogP contribution in [0.15, 0.2) is 45.9 Å². The summed E-state index contributed by atoms with van der Waals surface area (Å²) in [6, 6.07) is 9.15. The Balaban J connectivity index is 1.71. The molecular formula is C16H17N3O3S. The number of carbonyl (C=O) groups is 1. The van der Waals surface area contributed by atoms with Gasteiger partial charge in [0.05, 0.1) is 17.1 Å². The van der Waals surface area contributed by atoms with Crippen molar-refractivity contribution < 1.29 is 9.90 Å². The second-order valence-electron chi connectivity index (χ2n) is 5.29. The van der Waals surface area contributed by atoms with E-state index in [1.54, 1.807) is 7.05 Å². The minimum absolute atomic E-state index is 0.0729. The molecule has 3 aromatic rings. The molecule has 1 unspecified atom stereocenters. The van der Waals surface area contributed by atoms with Crippen LogP contribution in [0.2, 0.25) is 0 Å². The standard InChI is InChI=1S/C16H17N3O3S/c1-18-12-4-2-3-5-13(12)19(16(18)22)9-15(21)17-8-14(20)11-6-7-23-10-11/h2-7,10,14,20H,8-9H2,1H3,(H,17,21). The molecule has 7 heteroatoms. The first-order chi connectivity index (χ1) is 11.1. The van der Waals surface area contributed by atoms with Gasteiger partial charge < -0.3 is 10.4 Å². The molecule has 2 N–H and O–H groups in total. The molecule has 6 nitrogen and oxygen atoms in total. The lowest BCUT2D eigenvalue weighted by molar-refractivity contribution is -0.122. The number of thiophene rings is 1. The number of para-hydroxylation sites is 2. The molecule has 1 amide bonds. The summed E-state index contributed by atoms with van der Waals surface area (Å²) < 4.78 is 2.95. The van der Waals surface area contributed by atoms with Gasteiger partial charge in [0.2, 0.25) is 5.91 Å². The van der Waals surface area contributed by atoms with Crippen molar-refractivity contribution in [3.05, 3.63) is 57.1 Å². The third-order valence-corrected chi connectivity index (χ3v) is 4.48. The first kappa shape index (κ1) is 15.5. The fourth-order valence-corrected chi connectivity index (χ4v) is 3.22. The van der Waals surface area contributed by atoms with Gasteiger partial charge in [0.1, 0.15) is 6.54 Å². The molecule has 2 heterocycles. The molecule has 1 aromatic carbocycles. The topological polar surface area (TPSA) is 76.3 Å². The van der Waals surface area contributed by atoms with Gasteiger partial charge in [0.25, 0.3) is 0 Å². The fourth-order valence-electron chi connectivity index (χ4n) is 2.51. The average Bonchev–Trinajstić information content (AvgIpc) is 3.17. The highest BCUT2D eigenvalue weighted by atomic mass is 32.1. The number of rotatable bonds is 5. The number of aryl methyl sites for hydroxylation is 1. The largest absolute Gasteiger partial charge is 0.387 e. The summed E-state index contributed by atoms with van der Waals surface area (Å²) in [5, 5.41) is 16.4. The lowest BCUT2D eigenvalue weighted by atomic mass is 10.2.